The Morgan fingerprint density at radius 3 is 2.62 bits per heavy atom. The molecule has 0 saturated heterocycles. The first-order valence-electron chi connectivity index (χ1n) is 7.89. The fraction of sp³-hybridized carbons (Fsp3) is 0.278. The van der Waals surface area contributed by atoms with Gasteiger partial charge in [-0.15, -0.1) is 0 Å². The molecular weight excluding hydrogens is 379 g/mol. The van der Waals surface area contributed by atoms with E-state index in [9.17, 15) is 9.59 Å². The maximum Gasteiger partial charge on any atom is 0.344 e. The summed E-state index contributed by atoms with van der Waals surface area (Å²) in [5, 5.41) is 3.05. The summed E-state index contributed by atoms with van der Waals surface area (Å²) in [5.74, 6) is -0.451. The Morgan fingerprint density at radius 1 is 1.15 bits per heavy atom. The van der Waals surface area contributed by atoms with Crippen LogP contribution in [0.4, 0.5) is 5.82 Å². The van der Waals surface area contributed by atoms with E-state index in [1.807, 2.05) is 25.1 Å². The molecule has 0 saturated carbocycles. The van der Waals surface area contributed by atoms with Crippen molar-refractivity contribution in [3.05, 3.63) is 51.6 Å². The number of aryl methyl sites for hydroxylation is 2. The summed E-state index contributed by atoms with van der Waals surface area (Å²) in [6.07, 6.45) is 0.780. The van der Waals surface area contributed by atoms with E-state index in [-0.39, 0.29) is 17.4 Å². The number of pyridine rings is 1. The first-order chi connectivity index (χ1) is 12.4. The second-order valence-corrected chi connectivity index (χ2v) is 6.16. The molecule has 1 aromatic carbocycles. The van der Waals surface area contributed by atoms with Crippen molar-refractivity contribution in [2.24, 2.45) is 0 Å². The average Bonchev–Trinajstić information content (AvgIpc) is 2.63. The third kappa shape index (κ3) is 5.61. The monoisotopic (exact) mass is 396 g/mol. The van der Waals surface area contributed by atoms with Crippen LogP contribution >= 0.6 is 23.2 Å². The first kappa shape index (κ1) is 20.0. The summed E-state index contributed by atoms with van der Waals surface area (Å²) in [5.41, 5.74) is 1.50. The normalized spacial score (nSPS) is 10.3. The van der Waals surface area contributed by atoms with Crippen molar-refractivity contribution in [3.63, 3.8) is 0 Å². The van der Waals surface area contributed by atoms with Crippen molar-refractivity contribution in [1.82, 2.24) is 4.98 Å². The van der Waals surface area contributed by atoms with E-state index in [2.05, 4.69) is 10.3 Å². The van der Waals surface area contributed by atoms with E-state index in [1.54, 1.807) is 13.0 Å². The number of anilines is 1. The minimum atomic E-state index is -0.655. The number of nitrogens with zero attached hydrogens (tertiary/aromatic N) is 1. The minimum absolute atomic E-state index is 0.155. The summed E-state index contributed by atoms with van der Waals surface area (Å²) in [7, 11) is 0. The van der Waals surface area contributed by atoms with Crippen LogP contribution in [0.25, 0.3) is 0 Å². The number of nitrogens with one attached hydrogen (secondary N) is 1. The molecule has 0 aliphatic heterocycles. The lowest BCUT2D eigenvalue weighted by Crippen LogP contribution is -2.24. The van der Waals surface area contributed by atoms with Crippen LogP contribution in [0.1, 0.15) is 18.2 Å². The molecule has 0 unspecified atom stereocenters. The molecule has 1 aromatic heterocycles. The fourth-order valence-corrected chi connectivity index (χ4v) is 2.48. The standard InChI is InChI=1S/C18H18Cl2N2O4/c1-3-12-6-4-5-7-15(12)25-10-17(24)26-9-16(23)22-18-14(20)8-13(19)11(2)21-18/h4-8H,3,9-10H2,1-2H3,(H,21,22,23). The quantitative estimate of drug-likeness (QED) is 0.719. The van der Waals surface area contributed by atoms with E-state index >= 15 is 0 Å². The van der Waals surface area contributed by atoms with Gasteiger partial charge in [-0.05, 0) is 31.0 Å². The molecule has 0 aliphatic carbocycles. The number of benzene rings is 1. The molecule has 1 heterocycles. The van der Waals surface area contributed by atoms with Gasteiger partial charge in [-0.25, -0.2) is 9.78 Å². The molecule has 26 heavy (non-hydrogen) atoms. The Labute approximate surface area is 161 Å². The van der Waals surface area contributed by atoms with Gasteiger partial charge in [0.25, 0.3) is 5.91 Å². The molecule has 2 aromatic rings. The molecule has 138 valence electrons. The van der Waals surface area contributed by atoms with E-state index < -0.39 is 18.5 Å². The number of amides is 1. The van der Waals surface area contributed by atoms with Crippen LogP contribution in [0, 0.1) is 6.92 Å². The zero-order chi connectivity index (χ0) is 19.1. The molecule has 0 bridgehead atoms. The number of ether oxygens (including phenoxy) is 2. The number of carbonyl (C=O) groups excluding carboxylic acids is 2. The van der Waals surface area contributed by atoms with Gasteiger partial charge >= 0.3 is 5.97 Å². The van der Waals surface area contributed by atoms with Gasteiger partial charge in [0, 0.05) is 0 Å². The van der Waals surface area contributed by atoms with Gasteiger partial charge < -0.3 is 14.8 Å². The highest BCUT2D eigenvalue weighted by Crippen LogP contribution is 2.25. The zero-order valence-electron chi connectivity index (χ0n) is 14.3. The molecule has 2 rings (SSSR count). The van der Waals surface area contributed by atoms with Crippen LogP contribution in [-0.2, 0) is 20.7 Å². The summed E-state index contributed by atoms with van der Waals surface area (Å²) in [4.78, 5) is 27.7. The molecule has 1 N–H and O–H groups in total. The molecule has 0 radical (unpaired) electrons. The fourth-order valence-electron chi connectivity index (χ4n) is 2.08. The summed E-state index contributed by atoms with van der Waals surface area (Å²) in [6, 6.07) is 8.88. The Balaban J connectivity index is 1.82. The lowest BCUT2D eigenvalue weighted by molar-refractivity contribution is -0.149. The van der Waals surface area contributed by atoms with Gasteiger partial charge in [0.15, 0.2) is 19.0 Å². The summed E-state index contributed by atoms with van der Waals surface area (Å²) < 4.78 is 10.3. The average molecular weight is 397 g/mol. The predicted octanol–water partition coefficient (Wildman–Crippen LogP) is 3.82. The highest BCUT2D eigenvalue weighted by atomic mass is 35.5. The second kappa shape index (κ2) is 9.40. The minimum Gasteiger partial charge on any atom is -0.482 e. The third-order valence-electron chi connectivity index (χ3n) is 3.43. The highest BCUT2D eigenvalue weighted by molar-refractivity contribution is 6.36. The van der Waals surface area contributed by atoms with Crippen LogP contribution < -0.4 is 10.1 Å². The first-order valence-corrected chi connectivity index (χ1v) is 8.65. The number of hydrogen-bond donors (Lipinski definition) is 1. The van der Waals surface area contributed by atoms with Crippen molar-refractivity contribution >= 4 is 40.9 Å². The maximum atomic E-state index is 11.9. The maximum absolute atomic E-state index is 11.9. The summed E-state index contributed by atoms with van der Waals surface area (Å²) >= 11 is 11.9. The third-order valence-corrected chi connectivity index (χ3v) is 4.10. The van der Waals surface area contributed by atoms with E-state index in [1.165, 1.54) is 6.07 Å². The Kier molecular flexibility index (Phi) is 7.24. The van der Waals surface area contributed by atoms with Gasteiger partial charge in [0.05, 0.1) is 15.7 Å². The van der Waals surface area contributed by atoms with Crippen molar-refractivity contribution in [3.8, 4) is 5.75 Å². The summed E-state index contributed by atoms with van der Waals surface area (Å²) in [6.45, 7) is 2.91. The largest absolute Gasteiger partial charge is 0.482 e. The topological polar surface area (TPSA) is 77.5 Å². The molecule has 8 heteroatoms. The Hall–Kier alpha value is -2.31. The molecule has 6 nitrogen and oxygen atoms in total. The Morgan fingerprint density at radius 2 is 1.88 bits per heavy atom. The number of carbonyl (C=O) groups is 2. The molecule has 1 amide bonds. The van der Waals surface area contributed by atoms with Gasteiger partial charge in [-0.1, -0.05) is 48.3 Å². The van der Waals surface area contributed by atoms with Crippen LogP contribution in [-0.4, -0.2) is 30.1 Å². The van der Waals surface area contributed by atoms with Crippen molar-refractivity contribution in [2.75, 3.05) is 18.5 Å². The number of aromatic nitrogens is 1. The van der Waals surface area contributed by atoms with Crippen LogP contribution in [0.2, 0.25) is 10.0 Å². The molecule has 0 aliphatic rings. The molecule has 0 spiro atoms. The molecule has 0 fully saturated rings. The number of rotatable bonds is 7. The number of hydrogen-bond acceptors (Lipinski definition) is 5. The smallest absolute Gasteiger partial charge is 0.344 e. The van der Waals surface area contributed by atoms with Crippen molar-refractivity contribution in [1.29, 1.82) is 0 Å². The van der Waals surface area contributed by atoms with E-state index in [0.717, 1.165) is 12.0 Å². The lowest BCUT2D eigenvalue weighted by atomic mass is 10.1. The Bertz CT molecular complexity index is 812. The van der Waals surface area contributed by atoms with Crippen LogP contribution in [0.5, 0.6) is 5.75 Å². The number of halogens is 2. The predicted molar refractivity (Wildman–Crippen MR) is 99.9 cm³/mol. The van der Waals surface area contributed by atoms with Gasteiger partial charge in [-0.2, -0.15) is 0 Å². The van der Waals surface area contributed by atoms with Crippen LogP contribution in [0.3, 0.4) is 0 Å². The van der Waals surface area contributed by atoms with Gasteiger partial charge in [-0.3, -0.25) is 4.79 Å². The van der Waals surface area contributed by atoms with Crippen LogP contribution in [0.15, 0.2) is 30.3 Å². The number of para-hydroxylation sites is 1. The van der Waals surface area contributed by atoms with Crippen molar-refractivity contribution in [2.45, 2.75) is 20.3 Å². The SMILES string of the molecule is CCc1ccccc1OCC(=O)OCC(=O)Nc1nc(C)c(Cl)cc1Cl. The molecular formula is C18H18Cl2N2O4. The van der Waals surface area contributed by atoms with Gasteiger partial charge in [0.1, 0.15) is 5.75 Å². The highest BCUT2D eigenvalue weighted by Gasteiger charge is 2.13. The second-order valence-electron chi connectivity index (χ2n) is 5.34. The number of esters is 1. The van der Waals surface area contributed by atoms with E-state index in [0.29, 0.717) is 16.5 Å². The zero-order valence-corrected chi connectivity index (χ0v) is 15.9. The van der Waals surface area contributed by atoms with Gasteiger partial charge in [0.2, 0.25) is 0 Å². The molecule has 0 atom stereocenters. The lowest BCUT2D eigenvalue weighted by Gasteiger charge is -2.11. The van der Waals surface area contributed by atoms with Crippen molar-refractivity contribution < 1.29 is 19.1 Å². The van der Waals surface area contributed by atoms with E-state index in [4.69, 9.17) is 32.7 Å².